The van der Waals surface area contributed by atoms with Crippen molar-refractivity contribution in [2.75, 3.05) is 4.90 Å². The molecule has 7 aromatic carbocycles. The third-order valence-electron chi connectivity index (χ3n) is 9.56. The van der Waals surface area contributed by atoms with E-state index in [1.54, 1.807) is 0 Å². The first-order chi connectivity index (χ1) is 22.8. The van der Waals surface area contributed by atoms with E-state index in [2.05, 4.69) is 160 Å². The van der Waals surface area contributed by atoms with Gasteiger partial charge in [-0.3, -0.25) is 4.98 Å². The molecule has 0 aliphatic carbocycles. The number of hydrogen-bond donors (Lipinski definition) is 0. The molecule has 0 atom stereocenters. The van der Waals surface area contributed by atoms with Gasteiger partial charge in [-0.1, -0.05) is 115 Å². The van der Waals surface area contributed by atoms with Crippen LogP contribution in [0.2, 0.25) is 0 Å². The summed E-state index contributed by atoms with van der Waals surface area (Å²) in [5.74, 6) is 0. The molecule has 3 heterocycles. The Balaban J connectivity index is 1.33. The standard InChI is InChI=1S/C43H27N3/c1-2-11-30-26-31(23-21-28(30)10-1)45(32-13-9-25-44-27-32)39-19-5-4-15-34(39)36-17-8-18-37-38-24-22-29-12-7-16-35-33-14-3-6-20-40(33)46(42(36)37)43(38)41(29)35/h1-27H. The van der Waals surface area contributed by atoms with E-state index in [1.165, 1.54) is 65.2 Å². The molecule has 0 amide bonds. The van der Waals surface area contributed by atoms with Crippen LogP contribution in [0.4, 0.5) is 17.1 Å². The zero-order valence-electron chi connectivity index (χ0n) is 24.9. The fraction of sp³-hybridized carbons (Fsp3) is 0. The summed E-state index contributed by atoms with van der Waals surface area (Å²) in [5.41, 5.74) is 9.30. The molecule has 0 bridgehead atoms. The maximum atomic E-state index is 4.54. The van der Waals surface area contributed by atoms with Crippen molar-refractivity contribution in [2.24, 2.45) is 0 Å². The lowest BCUT2D eigenvalue weighted by molar-refractivity contribution is 1.23. The highest BCUT2D eigenvalue weighted by Gasteiger charge is 2.23. The fourth-order valence-corrected chi connectivity index (χ4v) is 7.63. The van der Waals surface area contributed by atoms with Gasteiger partial charge in [-0.05, 0) is 57.9 Å². The van der Waals surface area contributed by atoms with Gasteiger partial charge in [-0.15, -0.1) is 0 Å². The minimum atomic E-state index is 1.01. The zero-order chi connectivity index (χ0) is 30.2. The number of rotatable bonds is 4. The average molecular weight is 586 g/mol. The van der Waals surface area contributed by atoms with Gasteiger partial charge in [-0.25, -0.2) is 0 Å². The normalized spacial score (nSPS) is 11.9. The predicted octanol–water partition coefficient (Wildman–Crippen LogP) is 11.7. The number of pyridine rings is 2. The summed E-state index contributed by atoms with van der Waals surface area (Å²) < 4.78 is 2.52. The minimum Gasteiger partial charge on any atom is -0.308 e. The molecular formula is C43H27N3. The summed E-state index contributed by atoms with van der Waals surface area (Å²) in [4.78, 5) is 6.88. The van der Waals surface area contributed by atoms with Crippen LogP contribution >= 0.6 is 0 Å². The van der Waals surface area contributed by atoms with Crippen LogP contribution < -0.4 is 4.90 Å². The molecule has 10 aromatic rings. The molecule has 10 rings (SSSR count). The molecule has 0 fully saturated rings. The Kier molecular flexibility index (Phi) is 5.28. The smallest absolute Gasteiger partial charge is 0.0645 e. The minimum absolute atomic E-state index is 1.01. The van der Waals surface area contributed by atoms with E-state index in [0.29, 0.717) is 0 Å². The summed E-state index contributed by atoms with van der Waals surface area (Å²) in [6.45, 7) is 0. The second-order valence-corrected chi connectivity index (χ2v) is 12.0. The Morgan fingerprint density at radius 3 is 2.11 bits per heavy atom. The van der Waals surface area contributed by atoms with E-state index < -0.39 is 0 Å². The van der Waals surface area contributed by atoms with Crippen molar-refractivity contribution in [1.29, 1.82) is 0 Å². The molecular weight excluding hydrogens is 558 g/mol. The second-order valence-electron chi connectivity index (χ2n) is 12.0. The summed E-state index contributed by atoms with van der Waals surface area (Å²) in [6, 6.07) is 55.1. The van der Waals surface area contributed by atoms with Crippen LogP contribution in [0.3, 0.4) is 0 Å². The van der Waals surface area contributed by atoms with Gasteiger partial charge in [0.25, 0.3) is 0 Å². The molecule has 46 heavy (non-hydrogen) atoms. The maximum Gasteiger partial charge on any atom is 0.0645 e. The molecule has 0 spiro atoms. The van der Waals surface area contributed by atoms with E-state index in [1.807, 2.05) is 18.5 Å². The van der Waals surface area contributed by atoms with Crippen molar-refractivity contribution in [3.8, 4) is 11.1 Å². The summed E-state index contributed by atoms with van der Waals surface area (Å²) in [5, 5.41) is 10.1. The second kappa shape index (κ2) is 9.65. The molecule has 0 aliphatic rings. The van der Waals surface area contributed by atoms with Gasteiger partial charge < -0.3 is 9.30 Å². The number of para-hydroxylation sites is 3. The highest BCUT2D eigenvalue weighted by atomic mass is 15.1. The SMILES string of the molecule is c1cncc(N(c2ccc3ccccc3c2)c2ccccc2-c2cccc3c4ccc5cccc6c7ccccc7n(c23)c4c56)c1. The number of anilines is 3. The van der Waals surface area contributed by atoms with Crippen molar-refractivity contribution < 1.29 is 0 Å². The van der Waals surface area contributed by atoms with Crippen LogP contribution in [0.1, 0.15) is 0 Å². The van der Waals surface area contributed by atoms with Crippen LogP contribution in [0, 0.1) is 0 Å². The molecule has 0 saturated heterocycles. The van der Waals surface area contributed by atoms with Crippen molar-refractivity contribution in [3.05, 3.63) is 164 Å². The van der Waals surface area contributed by atoms with Gasteiger partial charge in [0.1, 0.15) is 0 Å². The average Bonchev–Trinajstić information content (AvgIpc) is 3.48. The number of fused-ring (bicyclic) bond motifs is 7. The van der Waals surface area contributed by atoms with E-state index in [4.69, 9.17) is 0 Å². The molecule has 3 aromatic heterocycles. The van der Waals surface area contributed by atoms with E-state index in [0.717, 1.165) is 22.6 Å². The Bertz CT molecular complexity index is 2760. The molecule has 3 nitrogen and oxygen atoms in total. The Morgan fingerprint density at radius 1 is 0.457 bits per heavy atom. The van der Waals surface area contributed by atoms with Gasteiger partial charge in [-0.2, -0.15) is 0 Å². The van der Waals surface area contributed by atoms with Crippen LogP contribution in [0.25, 0.3) is 70.8 Å². The van der Waals surface area contributed by atoms with Gasteiger partial charge in [0.15, 0.2) is 0 Å². The van der Waals surface area contributed by atoms with Crippen LogP contribution in [-0.4, -0.2) is 9.38 Å². The first kappa shape index (κ1) is 25.2. The van der Waals surface area contributed by atoms with Gasteiger partial charge in [0, 0.05) is 44.6 Å². The molecule has 214 valence electrons. The zero-order valence-corrected chi connectivity index (χ0v) is 24.9. The van der Waals surface area contributed by atoms with E-state index in [-0.39, 0.29) is 0 Å². The lowest BCUT2D eigenvalue weighted by Gasteiger charge is -2.28. The van der Waals surface area contributed by atoms with Gasteiger partial charge in [0.05, 0.1) is 34.1 Å². The lowest BCUT2D eigenvalue weighted by Crippen LogP contribution is -2.11. The summed E-state index contributed by atoms with van der Waals surface area (Å²) in [7, 11) is 0. The Labute approximate surface area is 265 Å². The number of benzene rings is 7. The quantitative estimate of drug-likeness (QED) is 0.151. The molecule has 0 radical (unpaired) electrons. The topological polar surface area (TPSA) is 20.5 Å². The van der Waals surface area contributed by atoms with Crippen molar-refractivity contribution in [1.82, 2.24) is 9.38 Å². The van der Waals surface area contributed by atoms with Crippen LogP contribution in [0.15, 0.2) is 164 Å². The monoisotopic (exact) mass is 585 g/mol. The third-order valence-corrected chi connectivity index (χ3v) is 9.56. The summed E-state index contributed by atoms with van der Waals surface area (Å²) in [6.07, 6.45) is 3.79. The highest BCUT2D eigenvalue weighted by molar-refractivity contribution is 6.29. The lowest BCUT2D eigenvalue weighted by atomic mass is 9.98. The highest BCUT2D eigenvalue weighted by Crippen LogP contribution is 2.47. The van der Waals surface area contributed by atoms with Crippen molar-refractivity contribution in [2.45, 2.75) is 0 Å². The molecule has 0 aliphatic heterocycles. The predicted molar refractivity (Wildman–Crippen MR) is 194 cm³/mol. The molecule has 0 unspecified atom stereocenters. The summed E-state index contributed by atoms with van der Waals surface area (Å²) >= 11 is 0. The maximum absolute atomic E-state index is 4.54. The molecule has 0 N–H and O–H groups in total. The Hall–Kier alpha value is -6.19. The van der Waals surface area contributed by atoms with Gasteiger partial charge in [0.2, 0.25) is 0 Å². The first-order valence-electron chi connectivity index (χ1n) is 15.7. The van der Waals surface area contributed by atoms with Crippen LogP contribution in [-0.2, 0) is 0 Å². The van der Waals surface area contributed by atoms with E-state index >= 15 is 0 Å². The van der Waals surface area contributed by atoms with Gasteiger partial charge >= 0.3 is 0 Å². The number of hydrogen-bond acceptors (Lipinski definition) is 2. The largest absolute Gasteiger partial charge is 0.308 e. The number of nitrogens with zero attached hydrogens (tertiary/aromatic N) is 3. The number of aromatic nitrogens is 2. The van der Waals surface area contributed by atoms with Crippen LogP contribution in [0.5, 0.6) is 0 Å². The fourth-order valence-electron chi connectivity index (χ4n) is 7.63. The third kappa shape index (κ3) is 3.51. The van der Waals surface area contributed by atoms with E-state index in [9.17, 15) is 0 Å². The first-order valence-corrected chi connectivity index (χ1v) is 15.7. The molecule has 3 heteroatoms. The Morgan fingerprint density at radius 2 is 1.17 bits per heavy atom. The van der Waals surface area contributed by atoms with Crippen molar-refractivity contribution >= 4 is 76.7 Å². The van der Waals surface area contributed by atoms with Crippen molar-refractivity contribution in [3.63, 3.8) is 0 Å². The molecule has 0 saturated carbocycles.